The van der Waals surface area contributed by atoms with E-state index >= 15 is 0 Å². The van der Waals surface area contributed by atoms with Crippen molar-refractivity contribution in [3.8, 4) is 17.2 Å². The molecule has 0 amide bonds. The molecule has 0 spiro atoms. The molecule has 0 bridgehead atoms. The highest BCUT2D eigenvalue weighted by atomic mass is 32.1. The normalized spacial score (nSPS) is 15.9. The molecule has 4 rings (SSSR count). The van der Waals surface area contributed by atoms with E-state index in [-0.39, 0.29) is 11.2 Å². The minimum atomic E-state index is -0.0947. The molecule has 1 aromatic heterocycles. The first-order valence-corrected chi connectivity index (χ1v) is 9.89. The summed E-state index contributed by atoms with van der Waals surface area (Å²) in [6.07, 6.45) is 2.76. The zero-order chi connectivity index (χ0) is 21.4. The largest absolute Gasteiger partial charge is 0.493 e. The van der Waals surface area contributed by atoms with Crippen molar-refractivity contribution in [2.45, 2.75) is 12.5 Å². The average Bonchev–Trinajstić information content (AvgIpc) is 3.34. The Balaban J connectivity index is 1.79. The topological polar surface area (TPSA) is 74.2 Å². The van der Waals surface area contributed by atoms with Gasteiger partial charge in [-0.25, -0.2) is 5.01 Å². The molecular formula is C22H24N4O3S. The smallest absolute Gasteiger partial charge is 0.203 e. The molecule has 0 saturated carbocycles. The van der Waals surface area contributed by atoms with Crippen LogP contribution >= 0.6 is 12.2 Å². The van der Waals surface area contributed by atoms with E-state index in [0.717, 1.165) is 27.7 Å². The van der Waals surface area contributed by atoms with Crippen molar-refractivity contribution in [1.82, 2.24) is 9.58 Å². The third kappa shape index (κ3) is 3.23. The van der Waals surface area contributed by atoms with Crippen LogP contribution in [0.3, 0.4) is 0 Å². The van der Waals surface area contributed by atoms with Gasteiger partial charge in [0.25, 0.3) is 0 Å². The Hall–Kier alpha value is -3.26. The number of hydrogen-bond acceptors (Lipinski definition) is 5. The van der Waals surface area contributed by atoms with Gasteiger partial charge in [0.05, 0.1) is 33.1 Å². The number of methoxy groups -OCH3 is 3. The number of aryl methyl sites for hydroxylation is 1. The second kappa shape index (κ2) is 7.87. The van der Waals surface area contributed by atoms with Crippen molar-refractivity contribution in [2.75, 3.05) is 21.3 Å². The third-order valence-corrected chi connectivity index (χ3v) is 5.61. The lowest BCUT2D eigenvalue weighted by Gasteiger charge is -2.21. The second-order valence-corrected chi connectivity index (χ2v) is 7.49. The first-order valence-electron chi connectivity index (χ1n) is 9.49. The number of nitrogens with two attached hydrogens (primary N) is 1. The highest BCUT2D eigenvalue weighted by molar-refractivity contribution is 7.80. The lowest BCUT2D eigenvalue weighted by atomic mass is 9.97. The monoisotopic (exact) mass is 424 g/mol. The maximum Gasteiger partial charge on any atom is 0.203 e. The fourth-order valence-electron chi connectivity index (χ4n) is 4.02. The highest BCUT2D eigenvalue weighted by Crippen LogP contribution is 2.41. The molecule has 0 radical (unpaired) electrons. The van der Waals surface area contributed by atoms with Crippen LogP contribution in [-0.2, 0) is 7.05 Å². The van der Waals surface area contributed by atoms with E-state index in [9.17, 15) is 0 Å². The summed E-state index contributed by atoms with van der Waals surface area (Å²) < 4.78 is 18.5. The van der Waals surface area contributed by atoms with E-state index in [1.54, 1.807) is 26.3 Å². The quantitative estimate of drug-likeness (QED) is 0.631. The number of hydrazone groups is 1. The van der Waals surface area contributed by atoms with Crippen molar-refractivity contribution in [1.29, 1.82) is 0 Å². The van der Waals surface area contributed by atoms with Crippen LogP contribution < -0.4 is 19.9 Å². The summed E-state index contributed by atoms with van der Waals surface area (Å²) in [7, 11) is 6.81. The first kappa shape index (κ1) is 20.0. The fraction of sp³-hybridized carbons (Fsp3) is 0.273. The molecule has 7 nitrogen and oxygen atoms in total. The number of hydrogen-bond donors (Lipinski definition) is 1. The summed E-state index contributed by atoms with van der Waals surface area (Å²) in [4.78, 5) is 0. The predicted octanol–water partition coefficient (Wildman–Crippen LogP) is 3.60. The van der Waals surface area contributed by atoms with Crippen LogP contribution in [0.25, 0.3) is 10.9 Å². The summed E-state index contributed by atoms with van der Waals surface area (Å²) in [6, 6.07) is 12.0. The molecule has 0 saturated heterocycles. The third-order valence-electron chi connectivity index (χ3n) is 5.42. The van der Waals surface area contributed by atoms with Crippen LogP contribution in [0.4, 0.5) is 0 Å². The molecule has 1 unspecified atom stereocenters. The van der Waals surface area contributed by atoms with Gasteiger partial charge in [0.2, 0.25) is 5.75 Å². The lowest BCUT2D eigenvalue weighted by Crippen LogP contribution is -2.31. The van der Waals surface area contributed by atoms with Crippen molar-refractivity contribution in [2.24, 2.45) is 17.9 Å². The van der Waals surface area contributed by atoms with E-state index in [1.165, 1.54) is 0 Å². The van der Waals surface area contributed by atoms with Crippen LogP contribution in [0, 0.1) is 0 Å². The molecule has 2 N–H and O–H groups in total. The van der Waals surface area contributed by atoms with Crippen molar-refractivity contribution >= 4 is 33.9 Å². The standard InChI is InChI=1S/C22H24N4O3S/c1-25-12-15(14-7-5-6-8-17(14)25)18-11-16(24-26(18)22(23)30)13-9-19(27-2)21(29-4)20(10-13)28-3/h5-10,12,18H,11H2,1-4H3,(H2,23,30). The van der Waals surface area contributed by atoms with Crippen LogP contribution in [0.15, 0.2) is 47.7 Å². The number of aromatic nitrogens is 1. The molecule has 0 aliphatic carbocycles. The summed E-state index contributed by atoms with van der Waals surface area (Å²) in [5.74, 6) is 1.69. The zero-order valence-corrected chi connectivity index (χ0v) is 18.2. The Bertz CT molecular complexity index is 1130. The van der Waals surface area contributed by atoms with E-state index in [0.29, 0.717) is 23.7 Å². The number of rotatable bonds is 5. The molecule has 1 aliphatic rings. The van der Waals surface area contributed by atoms with E-state index < -0.39 is 0 Å². The van der Waals surface area contributed by atoms with Crippen molar-refractivity contribution in [3.05, 3.63) is 53.7 Å². The number of benzene rings is 2. The average molecular weight is 425 g/mol. The minimum Gasteiger partial charge on any atom is -0.493 e. The number of para-hydroxylation sites is 1. The molecule has 1 atom stereocenters. The van der Waals surface area contributed by atoms with E-state index in [2.05, 4.69) is 22.9 Å². The summed E-state index contributed by atoms with van der Waals surface area (Å²) in [6.45, 7) is 0. The van der Waals surface area contributed by atoms with Gasteiger partial charge in [-0.05, 0) is 30.4 Å². The highest BCUT2D eigenvalue weighted by Gasteiger charge is 2.33. The minimum absolute atomic E-state index is 0.0947. The summed E-state index contributed by atoms with van der Waals surface area (Å²) in [5, 5.41) is 7.87. The fourth-order valence-corrected chi connectivity index (χ4v) is 4.18. The van der Waals surface area contributed by atoms with Crippen LogP contribution in [0.5, 0.6) is 17.2 Å². The lowest BCUT2D eigenvalue weighted by molar-refractivity contribution is 0.324. The SMILES string of the molecule is COc1cc(C2=NN(C(N)=S)C(c3cn(C)c4ccccc34)C2)cc(OC)c1OC. The molecule has 30 heavy (non-hydrogen) atoms. The number of nitrogens with zero attached hydrogens (tertiary/aromatic N) is 3. The zero-order valence-electron chi connectivity index (χ0n) is 17.4. The summed E-state index contributed by atoms with van der Waals surface area (Å²) >= 11 is 5.32. The Labute approximate surface area is 180 Å². The number of fused-ring (bicyclic) bond motifs is 1. The van der Waals surface area contributed by atoms with Gasteiger partial charge in [0, 0.05) is 41.7 Å². The molecule has 3 aromatic rings. The maximum atomic E-state index is 6.05. The molecule has 0 fully saturated rings. The number of thiocarbonyl (C=S) groups is 1. The molecule has 2 aromatic carbocycles. The van der Waals surface area contributed by atoms with Crippen LogP contribution in [0.1, 0.15) is 23.6 Å². The predicted molar refractivity (Wildman–Crippen MR) is 122 cm³/mol. The molecule has 1 aliphatic heterocycles. The van der Waals surface area contributed by atoms with E-state index in [1.807, 2.05) is 31.3 Å². The van der Waals surface area contributed by atoms with Gasteiger partial charge in [-0.15, -0.1) is 0 Å². The van der Waals surface area contributed by atoms with Gasteiger partial charge in [-0.3, -0.25) is 0 Å². The maximum absolute atomic E-state index is 6.05. The summed E-state index contributed by atoms with van der Waals surface area (Å²) in [5.41, 5.74) is 10.0. The van der Waals surface area contributed by atoms with Crippen LogP contribution in [-0.4, -0.2) is 41.7 Å². The van der Waals surface area contributed by atoms with E-state index in [4.69, 9.17) is 37.3 Å². The van der Waals surface area contributed by atoms with Gasteiger partial charge in [0.1, 0.15) is 0 Å². The van der Waals surface area contributed by atoms with Gasteiger partial charge in [0.15, 0.2) is 16.6 Å². The number of ether oxygens (including phenoxy) is 3. The van der Waals surface area contributed by atoms with Crippen molar-refractivity contribution in [3.63, 3.8) is 0 Å². The van der Waals surface area contributed by atoms with Gasteiger partial charge >= 0.3 is 0 Å². The second-order valence-electron chi connectivity index (χ2n) is 7.08. The molecule has 2 heterocycles. The molecule has 8 heteroatoms. The Kier molecular flexibility index (Phi) is 5.26. The van der Waals surface area contributed by atoms with Gasteiger partial charge < -0.3 is 24.5 Å². The van der Waals surface area contributed by atoms with Crippen LogP contribution in [0.2, 0.25) is 0 Å². The molecule has 156 valence electrons. The first-order chi connectivity index (χ1) is 14.5. The van der Waals surface area contributed by atoms with Gasteiger partial charge in [-0.1, -0.05) is 18.2 Å². The Morgan fingerprint density at radius 1 is 1.10 bits per heavy atom. The Morgan fingerprint density at radius 2 is 1.77 bits per heavy atom. The van der Waals surface area contributed by atoms with Crippen molar-refractivity contribution < 1.29 is 14.2 Å². The Morgan fingerprint density at radius 3 is 2.37 bits per heavy atom. The molecular weight excluding hydrogens is 400 g/mol. The van der Waals surface area contributed by atoms with Gasteiger partial charge in [-0.2, -0.15) is 5.10 Å².